The van der Waals surface area contributed by atoms with Gasteiger partial charge in [-0.3, -0.25) is 4.79 Å². The molecule has 0 saturated carbocycles. The van der Waals surface area contributed by atoms with E-state index in [1.54, 1.807) is 0 Å². The van der Waals surface area contributed by atoms with Crippen LogP contribution >= 0.6 is 11.6 Å². The van der Waals surface area contributed by atoms with E-state index in [-0.39, 0.29) is 17.9 Å². The molecule has 0 aromatic heterocycles. The van der Waals surface area contributed by atoms with E-state index in [1.165, 1.54) is 0 Å². The maximum atomic E-state index is 12.1. The zero-order valence-corrected chi connectivity index (χ0v) is 14.0. The van der Waals surface area contributed by atoms with Crippen LogP contribution in [-0.2, 0) is 11.2 Å². The standard InChI is InChI=1S/C17H27ClN2O/c1-12(2)8-14(11-19)10-17(21)20-13(3)9-15-6-4-5-7-16(15)18/h4-7,12-14H,8-11,19H2,1-3H3,(H,20,21). The molecule has 1 rings (SSSR count). The van der Waals surface area contributed by atoms with E-state index >= 15 is 0 Å². The Hall–Kier alpha value is -1.06. The maximum absolute atomic E-state index is 12.1. The largest absolute Gasteiger partial charge is 0.353 e. The Morgan fingerprint density at radius 3 is 2.52 bits per heavy atom. The topological polar surface area (TPSA) is 55.1 Å². The van der Waals surface area contributed by atoms with Crippen molar-refractivity contribution in [3.8, 4) is 0 Å². The van der Waals surface area contributed by atoms with Gasteiger partial charge in [-0.15, -0.1) is 0 Å². The van der Waals surface area contributed by atoms with Crippen molar-refractivity contribution < 1.29 is 4.79 Å². The minimum absolute atomic E-state index is 0.0647. The molecule has 0 fully saturated rings. The lowest BCUT2D eigenvalue weighted by atomic mass is 9.94. The van der Waals surface area contributed by atoms with Crippen LogP contribution in [0.4, 0.5) is 0 Å². The number of halogens is 1. The van der Waals surface area contributed by atoms with E-state index in [9.17, 15) is 4.79 Å². The molecule has 3 N–H and O–H groups in total. The molecular weight excluding hydrogens is 284 g/mol. The number of nitrogens with one attached hydrogen (secondary N) is 1. The van der Waals surface area contributed by atoms with Crippen molar-refractivity contribution in [3.05, 3.63) is 34.9 Å². The molecule has 118 valence electrons. The van der Waals surface area contributed by atoms with E-state index in [0.717, 1.165) is 23.4 Å². The number of hydrogen-bond acceptors (Lipinski definition) is 2. The molecule has 0 spiro atoms. The van der Waals surface area contributed by atoms with Crippen LogP contribution in [0.5, 0.6) is 0 Å². The Morgan fingerprint density at radius 1 is 1.29 bits per heavy atom. The van der Waals surface area contributed by atoms with E-state index in [2.05, 4.69) is 19.2 Å². The van der Waals surface area contributed by atoms with Crippen LogP contribution in [0, 0.1) is 11.8 Å². The van der Waals surface area contributed by atoms with Gasteiger partial charge in [0.05, 0.1) is 0 Å². The molecule has 3 nitrogen and oxygen atoms in total. The minimum atomic E-state index is 0.0647. The Balaban J connectivity index is 2.45. The van der Waals surface area contributed by atoms with Gasteiger partial charge < -0.3 is 11.1 Å². The summed E-state index contributed by atoms with van der Waals surface area (Å²) in [6.45, 7) is 6.87. The van der Waals surface area contributed by atoms with Crippen LogP contribution in [-0.4, -0.2) is 18.5 Å². The van der Waals surface area contributed by atoms with Gasteiger partial charge in [0.15, 0.2) is 0 Å². The lowest BCUT2D eigenvalue weighted by molar-refractivity contribution is -0.122. The highest BCUT2D eigenvalue weighted by Crippen LogP contribution is 2.17. The van der Waals surface area contributed by atoms with Crippen LogP contribution in [0.25, 0.3) is 0 Å². The molecule has 1 aromatic rings. The molecule has 0 aliphatic rings. The molecular formula is C17H27ClN2O. The molecule has 2 unspecified atom stereocenters. The molecule has 21 heavy (non-hydrogen) atoms. The van der Waals surface area contributed by atoms with Gasteiger partial charge in [-0.1, -0.05) is 43.6 Å². The molecule has 0 heterocycles. The lowest BCUT2D eigenvalue weighted by Gasteiger charge is -2.19. The van der Waals surface area contributed by atoms with E-state index in [1.807, 2.05) is 31.2 Å². The first-order chi connectivity index (χ1) is 9.92. The second-order valence-electron chi connectivity index (χ2n) is 6.20. The monoisotopic (exact) mass is 310 g/mol. The zero-order chi connectivity index (χ0) is 15.8. The van der Waals surface area contributed by atoms with Crippen molar-refractivity contribution >= 4 is 17.5 Å². The first kappa shape index (κ1) is 18.0. The molecule has 0 radical (unpaired) electrons. The molecule has 1 amide bonds. The molecule has 0 bridgehead atoms. The van der Waals surface area contributed by atoms with Gasteiger partial charge in [-0.2, -0.15) is 0 Å². The highest BCUT2D eigenvalue weighted by atomic mass is 35.5. The SMILES string of the molecule is CC(C)CC(CN)CC(=O)NC(C)Cc1ccccc1Cl. The van der Waals surface area contributed by atoms with Gasteiger partial charge in [0.25, 0.3) is 0 Å². The number of rotatable bonds is 8. The summed E-state index contributed by atoms with van der Waals surface area (Å²) >= 11 is 6.14. The third-order valence-corrected chi connectivity index (χ3v) is 3.87. The number of carbonyl (C=O) groups is 1. The molecule has 4 heteroatoms. The highest BCUT2D eigenvalue weighted by molar-refractivity contribution is 6.31. The van der Waals surface area contributed by atoms with E-state index in [4.69, 9.17) is 17.3 Å². The lowest BCUT2D eigenvalue weighted by Crippen LogP contribution is -2.36. The van der Waals surface area contributed by atoms with Crippen molar-refractivity contribution in [1.29, 1.82) is 0 Å². The van der Waals surface area contributed by atoms with E-state index in [0.29, 0.717) is 18.9 Å². The number of benzene rings is 1. The van der Waals surface area contributed by atoms with Crippen LogP contribution in [0.3, 0.4) is 0 Å². The van der Waals surface area contributed by atoms with Crippen molar-refractivity contribution in [2.24, 2.45) is 17.6 Å². The average Bonchev–Trinajstić information content (AvgIpc) is 2.39. The fraction of sp³-hybridized carbons (Fsp3) is 0.588. The molecule has 2 atom stereocenters. The van der Waals surface area contributed by atoms with Gasteiger partial charge in [0, 0.05) is 17.5 Å². The Kier molecular flexibility index (Phi) is 7.76. The van der Waals surface area contributed by atoms with E-state index < -0.39 is 0 Å². The van der Waals surface area contributed by atoms with Crippen LogP contribution < -0.4 is 11.1 Å². The summed E-state index contributed by atoms with van der Waals surface area (Å²) in [4.78, 5) is 12.1. The fourth-order valence-corrected chi connectivity index (χ4v) is 2.78. The summed E-state index contributed by atoms with van der Waals surface area (Å²) < 4.78 is 0. The number of hydrogen-bond donors (Lipinski definition) is 2. The Bertz CT molecular complexity index is 448. The van der Waals surface area contributed by atoms with Crippen LogP contribution in [0.2, 0.25) is 5.02 Å². The molecule has 0 aliphatic carbocycles. The van der Waals surface area contributed by atoms with Crippen molar-refractivity contribution in [1.82, 2.24) is 5.32 Å². The number of amides is 1. The molecule has 0 aliphatic heterocycles. The molecule has 0 saturated heterocycles. The highest BCUT2D eigenvalue weighted by Gasteiger charge is 2.16. The normalized spacial score (nSPS) is 14.0. The van der Waals surface area contributed by atoms with Gasteiger partial charge in [0.1, 0.15) is 0 Å². The summed E-state index contributed by atoms with van der Waals surface area (Å²) in [5, 5.41) is 3.79. The second kappa shape index (κ2) is 9.06. The average molecular weight is 311 g/mol. The first-order valence-corrected chi connectivity index (χ1v) is 8.03. The van der Waals surface area contributed by atoms with Gasteiger partial charge in [0.2, 0.25) is 5.91 Å². The second-order valence-corrected chi connectivity index (χ2v) is 6.61. The Labute approximate surface area is 133 Å². The summed E-state index contributed by atoms with van der Waals surface area (Å²) in [5.41, 5.74) is 6.81. The summed E-state index contributed by atoms with van der Waals surface area (Å²) in [5.74, 6) is 0.898. The van der Waals surface area contributed by atoms with Crippen LogP contribution in [0.15, 0.2) is 24.3 Å². The number of nitrogens with two attached hydrogens (primary N) is 1. The first-order valence-electron chi connectivity index (χ1n) is 7.65. The maximum Gasteiger partial charge on any atom is 0.220 e. The zero-order valence-electron chi connectivity index (χ0n) is 13.2. The number of carbonyl (C=O) groups excluding carboxylic acids is 1. The smallest absolute Gasteiger partial charge is 0.220 e. The van der Waals surface area contributed by atoms with Gasteiger partial charge >= 0.3 is 0 Å². The summed E-state index contributed by atoms with van der Waals surface area (Å²) in [6, 6.07) is 7.80. The third-order valence-electron chi connectivity index (χ3n) is 3.50. The predicted molar refractivity (Wildman–Crippen MR) is 89.4 cm³/mol. The fourth-order valence-electron chi connectivity index (χ4n) is 2.57. The third kappa shape index (κ3) is 6.96. The predicted octanol–water partition coefficient (Wildman–Crippen LogP) is 3.40. The summed E-state index contributed by atoms with van der Waals surface area (Å²) in [6.07, 6.45) is 2.23. The quantitative estimate of drug-likeness (QED) is 0.773. The summed E-state index contributed by atoms with van der Waals surface area (Å²) in [7, 11) is 0. The van der Waals surface area contributed by atoms with Crippen molar-refractivity contribution in [3.63, 3.8) is 0 Å². The van der Waals surface area contributed by atoms with Gasteiger partial charge in [-0.25, -0.2) is 0 Å². The minimum Gasteiger partial charge on any atom is -0.353 e. The van der Waals surface area contributed by atoms with Crippen molar-refractivity contribution in [2.45, 2.75) is 46.1 Å². The Morgan fingerprint density at radius 2 is 1.95 bits per heavy atom. The van der Waals surface area contributed by atoms with Crippen LogP contribution in [0.1, 0.15) is 39.2 Å². The molecule has 1 aromatic carbocycles. The van der Waals surface area contributed by atoms with Gasteiger partial charge in [-0.05, 0) is 49.8 Å². The van der Waals surface area contributed by atoms with Crippen molar-refractivity contribution in [2.75, 3.05) is 6.54 Å².